The van der Waals surface area contributed by atoms with E-state index < -0.39 is 11.9 Å². The third kappa shape index (κ3) is 13.0. The van der Waals surface area contributed by atoms with E-state index >= 15 is 0 Å². The average Bonchev–Trinajstić information content (AvgIpc) is 2.34. The third-order valence-electron chi connectivity index (χ3n) is 2.79. The van der Waals surface area contributed by atoms with E-state index in [1.54, 1.807) is 0 Å². The van der Waals surface area contributed by atoms with Crippen molar-refractivity contribution in [1.29, 1.82) is 0 Å². The van der Waals surface area contributed by atoms with Gasteiger partial charge in [-0.3, -0.25) is 4.79 Å². The molecule has 0 rings (SSSR count). The Morgan fingerprint density at radius 2 is 1.44 bits per heavy atom. The predicted molar refractivity (Wildman–Crippen MR) is 67.8 cm³/mol. The topological polar surface area (TPSA) is 66.4 Å². The number of aliphatic carboxylic acids is 1. The lowest BCUT2D eigenvalue weighted by molar-refractivity contribution is -0.305. The Morgan fingerprint density at radius 3 is 2.00 bits per heavy atom. The number of esters is 1. The van der Waals surface area contributed by atoms with Crippen molar-refractivity contribution in [2.45, 2.75) is 71.1 Å². The van der Waals surface area contributed by atoms with Crippen LogP contribution in [0.15, 0.2) is 0 Å². The molecule has 0 aliphatic heterocycles. The van der Waals surface area contributed by atoms with E-state index in [9.17, 15) is 14.7 Å². The van der Waals surface area contributed by atoms with Gasteiger partial charge in [0.2, 0.25) is 0 Å². The lowest BCUT2D eigenvalue weighted by Crippen LogP contribution is -2.23. The van der Waals surface area contributed by atoms with Crippen LogP contribution < -0.4 is 5.11 Å². The first-order valence-electron chi connectivity index (χ1n) is 7.02. The van der Waals surface area contributed by atoms with Gasteiger partial charge in [-0.15, -0.1) is 0 Å². The van der Waals surface area contributed by atoms with Crippen LogP contribution in [-0.4, -0.2) is 18.5 Å². The van der Waals surface area contributed by atoms with Crippen LogP contribution in [0.25, 0.3) is 0 Å². The molecular weight excluding hydrogens is 232 g/mol. The van der Waals surface area contributed by atoms with Gasteiger partial charge in [0.25, 0.3) is 0 Å². The summed E-state index contributed by atoms with van der Waals surface area (Å²) < 4.78 is 4.91. The van der Waals surface area contributed by atoms with E-state index in [-0.39, 0.29) is 12.8 Å². The Morgan fingerprint density at radius 1 is 0.889 bits per heavy atom. The van der Waals surface area contributed by atoms with E-state index in [4.69, 9.17) is 4.74 Å². The zero-order valence-electron chi connectivity index (χ0n) is 11.4. The minimum Gasteiger partial charge on any atom is -0.550 e. The molecule has 0 saturated carbocycles. The molecule has 0 aromatic carbocycles. The van der Waals surface area contributed by atoms with Gasteiger partial charge in [-0.05, 0) is 12.8 Å². The zero-order chi connectivity index (χ0) is 13.6. The van der Waals surface area contributed by atoms with Crippen LogP contribution in [0.2, 0.25) is 0 Å². The highest BCUT2D eigenvalue weighted by molar-refractivity contribution is 5.75. The summed E-state index contributed by atoms with van der Waals surface area (Å²) in [4.78, 5) is 21.1. The van der Waals surface area contributed by atoms with Gasteiger partial charge in [0.05, 0.1) is 13.0 Å². The number of rotatable bonds is 12. The molecule has 0 aliphatic carbocycles. The standard InChI is InChI=1S/C14H26O4/c1-2-3-4-5-6-7-8-9-12-18-14(17)11-10-13(15)16/h2-12H2,1H3,(H,15,16)/p-1. The van der Waals surface area contributed by atoms with Crippen LogP contribution in [-0.2, 0) is 14.3 Å². The van der Waals surface area contributed by atoms with E-state index in [2.05, 4.69) is 6.92 Å². The van der Waals surface area contributed by atoms with Gasteiger partial charge in [0.1, 0.15) is 0 Å². The first-order chi connectivity index (χ1) is 8.66. The van der Waals surface area contributed by atoms with Crippen LogP contribution in [0.1, 0.15) is 71.1 Å². The molecule has 0 spiro atoms. The summed E-state index contributed by atoms with van der Waals surface area (Å²) >= 11 is 0. The molecule has 0 saturated heterocycles. The van der Waals surface area contributed by atoms with Gasteiger partial charge in [-0.25, -0.2) is 0 Å². The molecule has 0 atom stereocenters. The van der Waals surface area contributed by atoms with Crippen LogP contribution in [0.4, 0.5) is 0 Å². The highest BCUT2D eigenvalue weighted by Crippen LogP contribution is 2.08. The zero-order valence-corrected chi connectivity index (χ0v) is 11.4. The molecule has 18 heavy (non-hydrogen) atoms. The minimum absolute atomic E-state index is 0.0840. The van der Waals surface area contributed by atoms with Gasteiger partial charge in [-0.2, -0.15) is 0 Å². The highest BCUT2D eigenvalue weighted by atomic mass is 16.5. The second-order valence-electron chi connectivity index (χ2n) is 4.57. The van der Waals surface area contributed by atoms with Gasteiger partial charge in [-0.1, -0.05) is 51.9 Å². The Kier molecular flexibility index (Phi) is 11.7. The maximum absolute atomic E-state index is 11.0. The molecular formula is C14H25O4-. The minimum atomic E-state index is -1.21. The average molecular weight is 257 g/mol. The molecule has 4 nitrogen and oxygen atoms in total. The summed E-state index contributed by atoms with van der Waals surface area (Å²) in [6.07, 6.45) is 9.21. The first kappa shape index (κ1) is 16.9. The molecule has 0 amide bonds. The number of carbonyl (C=O) groups excluding carboxylic acids is 2. The third-order valence-corrected chi connectivity index (χ3v) is 2.79. The molecule has 0 heterocycles. The smallest absolute Gasteiger partial charge is 0.306 e. The molecule has 0 aromatic heterocycles. The van der Waals surface area contributed by atoms with Crippen molar-refractivity contribution in [3.05, 3.63) is 0 Å². The lowest BCUT2D eigenvalue weighted by Gasteiger charge is -2.05. The highest BCUT2D eigenvalue weighted by Gasteiger charge is 2.02. The molecule has 0 unspecified atom stereocenters. The molecule has 0 fully saturated rings. The Bertz CT molecular complexity index is 226. The quantitative estimate of drug-likeness (QED) is 0.397. The van der Waals surface area contributed by atoms with E-state index in [0.29, 0.717) is 6.61 Å². The van der Waals surface area contributed by atoms with Gasteiger partial charge >= 0.3 is 5.97 Å². The van der Waals surface area contributed by atoms with Gasteiger partial charge in [0, 0.05) is 5.97 Å². The largest absolute Gasteiger partial charge is 0.550 e. The van der Waals surface area contributed by atoms with Crippen molar-refractivity contribution in [3.63, 3.8) is 0 Å². The molecule has 0 aromatic rings. The maximum atomic E-state index is 11.0. The van der Waals surface area contributed by atoms with Crippen molar-refractivity contribution in [1.82, 2.24) is 0 Å². The predicted octanol–water partition coefficient (Wildman–Crippen LogP) is 2.20. The van der Waals surface area contributed by atoms with Crippen molar-refractivity contribution in [2.75, 3.05) is 6.61 Å². The van der Waals surface area contributed by atoms with Crippen LogP contribution in [0.3, 0.4) is 0 Å². The summed E-state index contributed by atoms with van der Waals surface area (Å²) in [5, 5.41) is 10.1. The number of carboxylic acids is 1. The van der Waals surface area contributed by atoms with Crippen LogP contribution in [0.5, 0.6) is 0 Å². The monoisotopic (exact) mass is 257 g/mol. The fourth-order valence-electron chi connectivity index (χ4n) is 1.70. The molecule has 4 heteroatoms. The molecule has 106 valence electrons. The molecule has 0 N–H and O–H groups in total. The summed E-state index contributed by atoms with van der Waals surface area (Å²) in [6, 6.07) is 0. The second kappa shape index (κ2) is 12.4. The number of hydrogen-bond acceptors (Lipinski definition) is 4. The van der Waals surface area contributed by atoms with Crippen molar-refractivity contribution in [2.24, 2.45) is 0 Å². The van der Waals surface area contributed by atoms with E-state index in [1.807, 2.05) is 0 Å². The Labute approximate surface area is 110 Å². The fraction of sp³-hybridized carbons (Fsp3) is 0.857. The van der Waals surface area contributed by atoms with Gasteiger partial charge in [0.15, 0.2) is 0 Å². The molecule has 0 aliphatic rings. The number of ether oxygens (including phenoxy) is 1. The van der Waals surface area contributed by atoms with E-state index in [0.717, 1.165) is 12.8 Å². The first-order valence-corrected chi connectivity index (χ1v) is 7.02. The number of hydrogen-bond donors (Lipinski definition) is 0. The summed E-state index contributed by atoms with van der Waals surface area (Å²) in [5.41, 5.74) is 0. The second-order valence-corrected chi connectivity index (χ2v) is 4.57. The number of carbonyl (C=O) groups is 2. The summed E-state index contributed by atoms with van der Waals surface area (Å²) in [6.45, 7) is 2.61. The Balaban J connectivity index is 3.15. The molecule has 0 radical (unpaired) electrons. The van der Waals surface area contributed by atoms with Crippen LogP contribution >= 0.6 is 0 Å². The van der Waals surface area contributed by atoms with Crippen molar-refractivity contribution < 1.29 is 19.4 Å². The van der Waals surface area contributed by atoms with Crippen molar-refractivity contribution in [3.8, 4) is 0 Å². The van der Waals surface area contributed by atoms with E-state index in [1.165, 1.54) is 38.5 Å². The lowest BCUT2D eigenvalue weighted by atomic mass is 10.1. The van der Waals surface area contributed by atoms with Crippen LogP contribution in [0, 0.1) is 0 Å². The number of carboxylic acid groups (broad SMARTS) is 1. The van der Waals surface area contributed by atoms with Crippen molar-refractivity contribution >= 4 is 11.9 Å². The normalized spacial score (nSPS) is 10.3. The molecule has 0 bridgehead atoms. The SMILES string of the molecule is CCCCCCCCCCOC(=O)CCC(=O)[O-]. The Hall–Kier alpha value is -1.06. The summed E-state index contributed by atoms with van der Waals surface area (Å²) in [5.74, 6) is -1.65. The summed E-state index contributed by atoms with van der Waals surface area (Å²) in [7, 11) is 0. The maximum Gasteiger partial charge on any atom is 0.306 e. The number of unbranched alkanes of at least 4 members (excludes halogenated alkanes) is 7. The van der Waals surface area contributed by atoms with Gasteiger partial charge < -0.3 is 14.6 Å². The fourth-order valence-corrected chi connectivity index (χ4v) is 1.70.